The molecule has 0 unspecified atom stereocenters. The van der Waals surface area contributed by atoms with Gasteiger partial charge in [0.1, 0.15) is 0 Å². The Balaban J connectivity index is 1.98. The smallest absolute Gasteiger partial charge is 0.331 e. The number of carbonyl (C=O) groups is 1. The number of hydrogen-bond acceptors (Lipinski definition) is 3. The van der Waals surface area contributed by atoms with Gasteiger partial charge in [0.2, 0.25) is 5.95 Å². The molecular formula is C11H8F3N3OS. The van der Waals surface area contributed by atoms with Crippen LogP contribution in [0.5, 0.6) is 0 Å². The van der Waals surface area contributed by atoms with Gasteiger partial charge in [0.15, 0.2) is 0 Å². The average Bonchev–Trinajstić information content (AvgIpc) is 2.81. The molecule has 0 aliphatic carbocycles. The SMILES string of the molecule is O=C(Nc1ncc[nH]1)Sc1ccc(C(F)(F)F)cc1. The van der Waals surface area contributed by atoms with Gasteiger partial charge in [0.25, 0.3) is 5.24 Å². The van der Waals surface area contributed by atoms with Gasteiger partial charge >= 0.3 is 6.18 Å². The van der Waals surface area contributed by atoms with E-state index < -0.39 is 17.0 Å². The van der Waals surface area contributed by atoms with E-state index in [2.05, 4.69) is 15.3 Å². The number of nitrogens with zero attached hydrogens (tertiary/aromatic N) is 1. The highest BCUT2D eigenvalue weighted by molar-refractivity contribution is 8.13. The zero-order chi connectivity index (χ0) is 13.9. The van der Waals surface area contributed by atoms with Gasteiger partial charge < -0.3 is 4.98 Å². The fourth-order valence-corrected chi connectivity index (χ4v) is 1.91. The van der Waals surface area contributed by atoms with E-state index in [0.29, 0.717) is 4.90 Å². The van der Waals surface area contributed by atoms with Crippen molar-refractivity contribution in [3.63, 3.8) is 0 Å². The average molecular weight is 287 g/mol. The van der Waals surface area contributed by atoms with Crippen molar-refractivity contribution < 1.29 is 18.0 Å². The fourth-order valence-electron chi connectivity index (χ4n) is 1.27. The van der Waals surface area contributed by atoms with Crippen LogP contribution in [0.15, 0.2) is 41.6 Å². The molecule has 0 aliphatic rings. The van der Waals surface area contributed by atoms with Gasteiger partial charge in [-0.2, -0.15) is 13.2 Å². The molecule has 2 rings (SSSR count). The van der Waals surface area contributed by atoms with Crippen LogP contribution < -0.4 is 5.32 Å². The van der Waals surface area contributed by atoms with Crippen molar-refractivity contribution in [1.82, 2.24) is 9.97 Å². The number of aromatic nitrogens is 2. The first-order chi connectivity index (χ1) is 8.95. The summed E-state index contributed by atoms with van der Waals surface area (Å²) in [5.74, 6) is 0.282. The number of H-pyrrole nitrogens is 1. The third-order valence-corrected chi connectivity index (χ3v) is 2.91. The number of aromatic amines is 1. The van der Waals surface area contributed by atoms with Crippen molar-refractivity contribution in [2.45, 2.75) is 11.1 Å². The van der Waals surface area contributed by atoms with E-state index in [1.54, 1.807) is 6.20 Å². The molecule has 19 heavy (non-hydrogen) atoms. The van der Waals surface area contributed by atoms with Crippen LogP contribution in [-0.2, 0) is 6.18 Å². The summed E-state index contributed by atoms with van der Waals surface area (Å²) in [4.78, 5) is 18.4. The van der Waals surface area contributed by atoms with Crippen LogP contribution in [0.1, 0.15) is 5.56 Å². The summed E-state index contributed by atoms with van der Waals surface area (Å²) in [6, 6.07) is 4.36. The maximum Gasteiger partial charge on any atom is 0.416 e. The van der Waals surface area contributed by atoms with Crippen molar-refractivity contribution in [3.05, 3.63) is 42.2 Å². The summed E-state index contributed by atoms with van der Waals surface area (Å²) < 4.78 is 37.0. The summed E-state index contributed by atoms with van der Waals surface area (Å²) >= 11 is 0.784. The van der Waals surface area contributed by atoms with Gasteiger partial charge in [-0.3, -0.25) is 10.1 Å². The molecule has 0 bridgehead atoms. The number of rotatable bonds is 2. The number of anilines is 1. The first-order valence-electron chi connectivity index (χ1n) is 5.10. The molecule has 100 valence electrons. The number of nitrogens with one attached hydrogen (secondary N) is 2. The van der Waals surface area contributed by atoms with E-state index in [9.17, 15) is 18.0 Å². The van der Waals surface area contributed by atoms with E-state index in [1.807, 2.05) is 0 Å². The van der Waals surface area contributed by atoms with Gasteiger partial charge in [-0.05, 0) is 36.0 Å². The summed E-state index contributed by atoms with van der Waals surface area (Å²) in [7, 11) is 0. The number of carbonyl (C=O) groups excluding carboxylic acids is 1. The molecule has 1 amide bonds. The van der Waals surface area contributed by atoms with Crippen LogP contribution in [0.2, 0.25) is 0 Å². The lowest BCUT2D eigenvalue weighted by Gasteiger charge is -2.07. The predicted molar refractivity (Wildman–Crippen MR) is 64.9 cm³/mol. The first-order valence-corrected chi connectivity index (χ1v) is 5.92. The largest absolute Gasteiger partial charge is 0.416 e. The Hall–Kier alpha value is -1.96. The molecule has 0 aliphatic heterocycles. The standard InChI is InChI=1S/C11H8F3N3OS/c12-11(13,14)7-1-3-8(4-2-7)19-10(18)17-9-15-5-6-16-9/h1-6H,(H2,15,16,17,18). The van der Waals surface area contributed by atoms with Gasteiger partial charge in [-0.1, -0.05) is 0 Å². The molecule has 4 nitrogen and oxygen atoms in total. The summed E-state index contributed by atoms with van der Waals surface area (Å²) in [6.07, 6.45) is -1.36. The molecule has 1 aromatic heterocycles. The predicted octanol–water partition coefficient (Wildman–Crippen LogP) is 3.75. The number of halogens is 3. The molecule has 0 fully saturated rings. The van der Waals surface area contributed by atoms with E-state index >= 15 is 0 Å². The third kappa shape index (κ3) is 3.75. The molecule has 1 heterocycles. The highest BCUT2D eigenvalue weighted by Crippen LogP contribution is 2.30. The lowest BCUT2D eigenvalue weighted by molar-refractivity contribution is -0.137. The Morgan fingerprint density at radius 1 is 1.26 bits per heavy atom. The number of thioether (sulfide) groups is 1. The lowest BCUT2D eigenvalue weighted by Crippen LogP contribution is -2.06. The monoisotopic (exact) mass is 287 g/mol. The number of hydrogen-bond donors (Lipinski definition) is 2. The number of amides is 1. The van der Waals surface area contributed by atoms with Crippen molar-refractivity contribution in [2.75, 3.05) is 5.32 Å². The highest BCUT2D eigenvalue weighted by atomic mass is 32.2. The molecular weight excluding hydrogens is 279 g/mol. The Morgan fingerprint density at radius 2 is 1.95 bits per heavy atom. The van der Waals surface area contributed by atoms with Gasteiger partial charge in [-0.15, -0.1) is 0 Å². The normalized spacial score (nSPS) is 11.3. The van der Waals surface area contributed by atoms with E-state index in [4.69, 9.17) is 0 Å². The van der Waals surface area contributed by atoms with Crippen LogP contribution in [0.3, 0.4) is 0 Å². The summed E-state index contributed by atoms with van der Waals surface area (Å²) in [6.45, 7) is 0. The Morgan fingerprint density at radius 3 is 2.47 bits per heavy atom. The third-order valence-electron chi connectivity index (χ3n) is 2.11. The van der Waals surface area contributed by atoms with Crippen LogP contribution in [0.4, 0.5) is 23.9 Å². The fraction of sp³-hybridized carbons (Fsp3) is 0.0909. The molecule has 2 aromatic rings. The minimum Gasteiger partial charge on any atom is -0.331 e. The van der Waals surface area contributed by atoms with Gasteiger partial charge in [0, 0.05) is 17.3 Å². The molecule has 0 spiro atoms. The first kappa shape index (κ1) is 13.5. The quantitative estimate of drug-likeness (QED) is 0.827. The van der Waals surface area contributed by atoms with Crippen molar-refractivity contribution >= 4 is 22.9 Å². The Labute approximate surface area is 110 Å². The van der Waals surface area contributed by atoms with Crippen molar-refractivity contribution in [3.8, 4) is 0 Å². The van der Waals surface area contributed by atoms with Crippen LogP contribution in [-0.4, -0.2) is 15.2 Å². The van der Waals surface area contributed by atoms with Crippen LogP contribution in [0.25, 0.3) is 0 Å². The molecule has 0 atom stereocenters. The summed E-state index contributed by atoms with van der Waals surface area (Å²) in [5, 5.41) is 2.01. The molecule has 0 saturated heterocycles. The second-order valence-corrected chi connectivity index (χ2v) is 4.52. The summed E-state index contributed by atoms with van der Waals surface area (Å²) in [5.41, 5.74) is -0.747. The second kappa shape index (κ2) is 5.35. The molecule has 0 saturated carbocycles. The Kier molecular flexibility index (Phi) is 3.79. The zero-order valence-electron chi connectivity index (χ0n) is 9.36. The molecule has 1 aromatic carbocycles. The molecule has 0 radical (unpaired) electrons. The molecule has 8 heteroatoms. The number of imidazole rings is 1. The Bertz CT molecular complexity index is 552. The topological polar surface area (TPSA) is 57.8 Å². The van der Waals surface area contributed by atoms with E-state index in [-0.39, 0.29) is 5.95 Å². The minimum atomic E-state index is -4.38. The molecule has 2 N–H and O–H groups in total. The number of benzene rings is 1. The van der Waals surface area contributed by atoms with Crippen LogP contribution in [0, 0.1) is 0 Å². The van der Waals surface area contributed by atoms with E-state index in [0.717, 1.165) is 23.9 Å². The maximum absolute atomic E-state index is 12.3. The van der Waals surface area contributed by atoms with E-state index in [1.165, 1.54) is 18.3 Å². The zero-order valence-corrected chi connectivity index (χ0v) is 10.2. The number of alkyl halides is 3. The maximum atomic E-state index is 12.3. The van der Waals surface area contributed by atoms with Crippen molar-refractivity contribution in [2.24, 2.45) is 0 Å². The lowest BCUT2D eigenvalue weighted by atomic mass is 10.2. The van der Waals surface area contributed by atoms with Gasteiger partial charge in [0.05, 0.1) is 5.56 Å². The minimum absolute atomic E-state index is 0.282. The van der Waals surface area contributed by atoms with Gasteiger partial charge in [-0.25, -0.2) is 4.98 Å². The van der Waals surface area contributed by atoms with Crippen LogP contribution >= 0.6 is 11.8 Å². The second-order valence-electron chi connectivity index (χ2n) is 3.47. The van der Waals surface area contributed by atoms with Crippen molar-refractivity contribution in [1.29, 1.82) is 0 Å². The highest BCUT2D eigenvalue weighted by Gasteiger charge is 2.30.